The van der Waals surface area contributed by atoms with Gasteiger partial charge in [0.15, 0.2) is 0 Å². The number of nitrogens with two attached hydrogens (primary N) is 1. The molecule has 4 unspecified atom stereocenters. The van der Waals surface area contributed by atoms with Crippen molar-refractivity contribution in [3.8, 4) is 17.0 Å². The summed E-state index contributed by atoms with van der Waals surface area (Å²) in [6.45, 7) is 4.67. The number of aromatic nitrogens is 1. The van der Waals surface area contributed by atoms with Gasteiger partial charge in [0.05, 0.1) is 7.11 Å². The second-order valence-corrected chi connectivity index (χ2v) is 13.5. The Morgan fingerprint density at radius 2 is 1.86 bits per heavy atom. The average Bonchev–Trinajstić information content (AvgIpc) is 3.61. The van der Waals surface area contributed by atoms with Crippen LogP contribution in [0.1, 0.15) is 50.5 Å². The topological polar surface area (TPSA) is 127 Å². The van der Waals surface area contributed by atoms with Crippen LogP contribution in [-0.2, 0) is 14.4 Å². The van der Waals surface area contributed by atoms with Gasteiger partial charge in [-0.05, 0) is 0 Å². The Morgan fingerprint density at radius 1 is 1.08 bits per heavy atom. The van der Waals surface area contributed by atoms with Crippen LogP contribution in [0.2, 0.25) is 5.82 Å². The summed E-state index contributed by atoms with van der Waals surface area (Å²) < 4.78 is 5.48. The number of pyridine rings is 1. The van der Waals surface area contributed by atoms with E-state index in [9.17, 15) is 14.4 Å². The van der Waals surface area contributed by atoms with Crippen molar-refractivity contribution >= 4 is 59.8 Å². The molecule has 252 valence electrons. The number of primary amides is 1. The van der Waals surface area contributed by atoms with E-state index in [1.165, 1.54) is 6.92 Å². The van der Waals surface area contributed by atoms with E-state index in [-0.39, 0.29) is 23.5 Å². The molecule has 2 aliphatic rings. The number of nitrogens with one attached hydrogen (secondary N) is 2. The number of amides is 3. The molecule has 1 aliphatic heterocycles. The second kappa shape index (κ2) is 14.9. The molecule has 11 heteroatoms. The monoisotopic (exact) mass is 675 g/mol. The van der Waals surface area contributed by atoms with Gasteiger partial charge in [0.2, 0.25) is 0 Å². The van der Waals surface area contributed by atoms with Crippen molar-refractivity contribution in [2.45, 2.75) is 67.2 Å². The summed E-state index contributed by atoms with van der Waals surface area (Å²) in [7, 11) is 1.62. The molecule has 1 aromatic heterocycles. The Balaban J connectivity index is 1.13. The van der Waals surface area contributed by atoms with E-state index in [2.05, 4.69) is 35.3 Å². The number of methoxy groups -OCH3 is 1. The fourth-order valence-electron chi connectivity index (χ4n) is 6.92. The van der Waals surface area contributed by atoms with Gasteiger partial charge in [-0.25, -0.2) is 0 Å². The molecular weight excluding hydrogens is 633 g/mol. The van der Waals surface area contributed by atoms with E-state index < -0.39 is 17.5 Å². The molecule has 3 amide bonds. The fraction of sp³-hybridized carbons (Fsp3) is 0.342. The molecule has 3 aromatic carbocycles. The van der Waals surface area contributed by atoms with Gasteiger partial charge in [-0.1, -0.05) is 18.2 Å². The van der Waals surface area contributed by atoms with E-state index in [4.69, 9.17) is 15.5 Å². The molecule has 1 saturated carbocycles. The number of thiol groups is 1. The number of carbonyl (C=O) groups excluding carboxylic acids is 3. The first-order chi connectivity index (χ1) is 23.7. The molecule has 49 heavy (non-hydrogen) atoms. The van der Waals surface area contributed by atoms with Crippen LogP contribution in [0.4, 0.5) is 5.69 Å². The Morgan fingerprint density at radius 3 is 2.59 bits per heavy atom. The van der Waals surface area contributed by atoms with Gasteiger partial charge in [0, 0.05) is 0 Å². The maximum atomic E-state index is 13.9. The van der Waals surface area contributed by atoms with Crippen molar-refractivity contribution in [2.75, 3.05) is 25.5 Å². The number of benzene rings is 3. The van der Waals surface area contributed by atoms with Gasteiger partial charge in [-0.3, -0.25) is 0 Å². The molecule has 0 spiro atoms. The molecule has 1 saturated heterocycles. The first kappa shape index (κ1) is 34.2. The summed E-state index contributed by atoms with van der Waals surface area (Å²) in [5.41, 5.74) is 9.31. The van der Waals surface area contributed by atoms with E-state index in [1.54, 1.807) is 12.0 Å². The number of unbranched alkanes of at least 4 members (excludes halogenated alkanes) is 2. The molecule has 4 aromatic rings. The van der Waals surface area contributed by atoms with Gasteiger partial charge < -0.3 is 4.74 Å². The zero-order valence-electron chi connectivity index (χ0n) is 27.9. The number of fused-ring (bicyclic) bond motifs is 1. The number of hydrogen-bond donors (Lipinski definition) is 4. The Hall–Kier alpha value is -4.64. The standard InChI is InChI=1S/C38H42BN5O4S/c1-24(45)44-23-26(29-21-31(25-11-5-3-6-12-25)42-32-20-27(48-2)15-16-28(29)32)19-33(44)36(46)43-38(37(40)47)22-35(38)39-17-9-4-10-18-41-30-13-7-8-14-34(30)49/h3,5-8,11-17,20-21,26,33,35,41,49H,4,9-10,18-19,22-23H2,1-2H3,(H2,40,47)(H,43,46). The van der Waals surface area contributed by atoms with Crippen LogP contribution in [0.3, 0.4) is 0 Å². The van der Waals surface area contributed by atoms with E-state index >= 15 is 0 Å². The number of para-hydroxylation sites is 1. The molecule has 9 nitrogen and oxygen atoms in total. The van der Waals surface area contributed by atoms with Gasteiger partial charge in [-0.15, -0.1) is 0 Å². The van der Waals surface area contributed by atoms with Gasteiger partial charge in [0.1, 0.15) is 0 Å². The maximum absolute atomic E-state index is 13.9. The summed E-state index contributed by atoms with van der Waals surface area (Å²) in [5, 5.41) is 7.33. The number of rotatable bonds is 13. The predicted molar refractivity (Wildman–Crippen MR) is 199 cm³/mol. The minimum atomic E-state index is -1.15. The number of ether oxygens (including phenoxy) is 1. The van der Waals surface area contributed by atoms with Crippen LogP contribution in [0.15, 0.2) is 83.8 Å². The molecular formula is C38H42BN5O4S. The molecule has 0 bridgehead atoms. The second-order valence-electron chi connectivity index (χ2n) is 13.0. The molecule has 6 rings (SSSR count). The Labute approximate surface area is 293 Å². The number of carbonyl (C=O) groups is 3. The molecule has 4 atom stereocenters. The average molecular weight is 676 g/mol. The van der Waals surface area contributed by atoms with Gasteiger partial charge in [-0.2, -0.15) is 0 Å². The van der Waals surface area contributed by atoms with Crippen molar-refractivity contribution in [3.05, 3.63) is 84.4 Å². The quantitative estimate of drug-likeness (QED) is 0.0875. The first-order valence-electron chi connectivity index (χ1n) is 16.8. The molecule has 2 fully saturated rings. The number of hydrogen-bond acceptors (Lipinski definition) is 7. The van der Waals surface area contributed by atoms with Gasteiger partial charge >= 0.3 is 264 Å². The van der Waals surface area contributed by atoms with E-state index in [0.29, 0.717) is 25.1 Å². The summed E-state index contributed by atoms with van der Waals surface area (Å²) >= 11 is 4.47. The summed E-state index contributed by atoms with van der Waals surface area (Å²) in [4.78, 5) is 47.0. The van der Waals surface area contributed by atoms with Crippen LogP contribution >= 0.6 is 12.6 Å². The SMILES string of the molecule is COc1ccc2c(C3CC(C(=O)NC4(C(N)=O)CC4B=CCCCCNc4ccccc4S)N(C(C)=O)C3)cc(-c3ccccc3)nc2c1. The predicted octanol–water partition coefficient (Wildman–Crippen LogP) is 5.22. The third-order valence-corrected chi connectivity index (χ3v) is 10.1. The van der Waals surface area contributed by atoms with Crippen molar-refractivity contribution in [3.63, 3.8) is 0 Å². The van der Waals surface area contributed by atoms with Crippen LogP contribution in [-0.4, -0.2) is 72.3 Å². The van der Waals surface area contributed by atoms with E-state index in [0.717, 1.165) is 64.1 Å². The van der Waals surface area contributed by atoms with Gasteiger partial charge in [0.25, 0.3) is 0 Å². The number of likely N-dealkylation sites (tertiary alicyclic amines) is 1. The molecule has 0 radical (unpaired) electrons. The third-order valence-electron chi connectivity index (χ3n) is 9.75. The molecule has 2 heterocycles. The zero-order chi connectivity index (χ0) is 34.5. The van der Waals surface area contributed by atoms with Crippen LogP contribution in [0.25, 0.3) is 22.2 Å². The van der Waals surface area contributed by atoms with Crippen LogP contribution in [0, 0.1) is 0 Å². The summed E-state index contributed by atoms with van der Waals surface area (Å²) in [6, 6.07) is 24.9. The van der Waals surface area contributed by atoms with Crippen molar-refractivity contribution < 1.29 is 19.1 Å². The molecule has 4 N–H and O–H groups in total. The van der Waals surface area contributed by atoms with Crippen LogP contribution in [0.5, 0.6) is 5.75 Å². The molecule has 1 aliphatic carbocycles. The summed E-state index contributed by atoms with van der Waals surface area (Å²) in [5.74, 6) is 1.34. The van der Waals surface area contributed by atoms with Crippen molar-refractivity contribution in [1.29, 1.82) is 0 Å². The minimum absolute atomic E-state index is 0.129. The zero-order valence-corrected chi connectivity index (χ0v) is 28.8. The van der Waals surface area contributed by atoms with Crippen molar-refractivity contribution in [2.24, 2.45) is 5.73 Å². The Bertz CT molecular complexity index is 1890. The third kappa shape index (κ3) is 7.52. The van der Waals surface area contributed by atoms with E-state index in [1.807, 2.05) is 79.7 Å². The normalized spacial score (nSPS) is 21.4. The fourth-order valence-corrected chi connectivity index (χ4v) is 7.16. The Kier molecular flexibility index (Phi) is 10.4. The number of nitrogens with zero attached hydrogens (tertiary/aromatic N) is 2. The number of anilines is 1. The van der Waals surface area contributed by atoms with Crippen molar-refractivity contribution in [1.82, 2.24) is 15.2 Å². The first-order valence-corrected chi connectivity index (χ1v) is 17.3. The van der Waals surface area contributed by atoms with Crippen LogP contribution < -0.4 is 21.1 Å². The summed E-state index contributed by atoms with van der Waals surface area (Å²) in [6.07, 6.45) is 3.65.